The molecule has 1 heterocycles. The van der Waals surface area contributed by atoms with Gasteiger partial charge in [-0.15, -0.1) is 0 Å². The number of rotatable bonds is 1. The first-order valence-corrected chi connectivity index (χ1v) is 6.17. The first kappa shape index (κ1) is 11.1. The number of aromatic hydroxyl groups is 1. The van der Waals surface area contributed by atoms with Crippen molar-refractivity contribution in [2.24, 2.45) is 0 Å². The van der Waals surface area contributed by atoms with Gasteiger partial charge in [0.15, 0.2) is 0 Å². The van der Waals surface area contributed by atoms with Crippen LogP contribution >= 0.6 is 15.9 Å². The summed E-state index contributed by atoms with van der Waals surface area (Å²) in [6, 6.07) is 10.7. The standard InChI is InChI=1S/C13H10BrN3O/c14-9-3-1-2-8(12(9)15)13-16-10-5-4-7(18)6-11(10)17-13/h1-6,18H,15H2,(H,16,17). The number of aromatic nitrogens is 2. The molecule has 0 amide bonds. The number of benzene rings is 2. The summed E-state index contributed by atoms with van der Waals surface area (Å²) in [5.41, 5.74) is 9.06. The van der Waals surface area contributed by atoms with E-state index in [9.17, 15) is 5.11 Å². The quantitative estimate of drug-likeness (QED) is 0.604. The third-order valence-corrected chi connectivity index (χ3v) is 3.47. The van der Waals surface area contributed by atoms with Crippen LogP contribution < -0.4 is 5.73 Å². The number of H-pyrrole nitrogens is 1. The number of phenolic OH excluding ortho intramolecular Hbond substituents is 1. The Kier molecular flexibility index (Phi) is 2.48. The molecule has 2 aromatic carbocycles. The number of aromatic amines is 1. The maximum absolute atomic E-state index is 9.43. The predicted molar refractivity (Wildman–Crippen MR) is 75.3 cm³/mol. The van der Waals surface area contributed by atoms with E-state index in [0.29, 0.717) is 11.5 Å². The monoisotopic (exact) mass is 303 g/mol. The fourth-order valence-electron chi connectivity index (χ4n) is 1.87. The second kappa shape index (κ2) is 4.03. The molecule has 18 heavy (non-hydrogen) atoms. The zero-order valence-corrected chi connectivity index (χ0v) is 10.9. The highest BCUT2D eigenvalue weighted by Crippen LogP contribution is 2.31. The van der Waals surface area contributed by atoms with Crippen molar-refractivity contribution in [3.63, 3.8) is 0 Å². The third kappa shape index (κ3) is 1.73. The highest BCUT2D eigenvalue weighted by Gasteiger charge is 2.10. The van der Waals surface area contributed by atoms with Crippen molar-refractivity contribution in [1.29, 1.82) is 0 Å². The van der Waals surface area contributed by atoms with Crippen molar-refractivity contribution in [3.8, 4) is 17.1 Å². The molecule has 0 aliphatic heterocycles. The minimum absolute atomic E-state index is 0.208. The number of nitrogens with zero attached hydrogens (tertiary/aromatic N) is 1. The minimum Gasteiger partial charge on any atom is -0.508 e. The van der Waals surface area contributed by atoms with Gasteiger partial charge in [-0.1, -0.05) is 6.07 Å². The van der Waals surface area contributed by atoms with E-state index in [1.54, 1.807) is 18.2 Å². The minimum atomic E-state index is 0.208. The summed E-state index contributed by atoms with van der Waals surface area (Å²) >= 11 is 3.39. The van der Waals surface area contributed by atoms with Crippen molar-refractivity contribution >= 4 is 32.7 Å². The highest BCUT2D eigenvalue weighted by molar-refractivity contribution is 9.10. The average molecular weight is 304 g/mol. The summed E-state index contributed by atoms with van der Waals surface area (Å²) in [6.07, 6.45) is 0. The molecule has 3 rings (SSSR count). The molecule has 0 saturated carbocycles. The average Bonchev–Trinajstić information content (AvgIpc) is 2.75. The van der Waals surface area contributed by atoms with Gasteiger partial charge in [0, 0.05) is 16.1 Å². The Morgan fingerprint density at radius 3 is 2.89 bits per heavy atom. The Morgan fingerprint density at radius 2 is 2.06 bits per heavy atom. The number of hydrogen-bond donors (Lipinski definition) is 3. The zero-order chi connectivity index (χ0) is 12.7. The summed E-state index contributed by atoms with van der Waals surface area (Å²) in [5, 5.41) is 9.43. The molecule has 0 aliphatic rings. The lowest BCUT2D eigenvalue weighted by atomic mass is 10.2. The van der Waals surface area contributed by atoms with Gasteiger partial charge < -0.3 is 15.8 Å². The summed E-state index contributed by atoms with van der Waals surface area (Å²) in [6.45, 7) is 0. The molecule has 0 bridgehead atoms. The number of nitrogens with one attached hydrogen (secondary N) is 1. The molecule has 5 heteroatoms. The highest BCUT2D eigenvalue weighted by atomic mass is 79.9. The van der Waals surface area contributed by atoms with Crippen molar-refractivity contribution in [3.05, 3.63) is 40.9 Å². The van der Waals surface area contributed by atoms with E-state index in [0.717, 1.165) is 21.1 Å². The molecule has 0 aliphatic carbocycles. The van der Waals surface area contributed by atoms with Crippen LogP contribution in [-0.4, -0.2) is 15.1 Å². The molecule has 0 saturated heterocycles. The molecule has 0 unspecified atom stereocenters. The fraction of sp³-hybridized carbons (Fsp3) is 0. The van der Waals surface area contributed by atoms with Crippen LogP contribution in [0, 0.1) is 0 Å². The number of fused-ring (bicyclic) bond motifs is 1. The fourth-order valence-corrected chi connectivity index (χ4v) is 2.23. The Bertz CT molecular complexity index is 736. The number of imidazole rings is 1. The Balaban J connectivity index is 2.22. The van der Waals surface area contributed by atoms with E-state index in [4.69, 9.17) is 5.73 Å². The van der Waals surface area contributed by atoms with Crippen molar-refractivity contribution in [2.45, 2.75) is 0 Å². The lowest BCUT2D eigenvalue weighted by Gasteiger charge is -2.03. The summed E-state index contributed by atoms with van der Waals surface area (Å²) in [4.78, 5) is 7.61. The van der Waals surface area contributed by atoms with Crippen molar-refractivity contribution < 1.29 is 5.11 Å². The zero-order valence-electron chi connectivity index (χ0n) is 9.31. The van der Waals surface area contributed by atoms with Gasteiger partial charge in [-0.05, 0) is 40.2 Å². The van der Waals surface area contributed by atoms with Crippen LogP contribution in [0.1, 0.15) is 0 Å². The number of phenols is 1. The van der Waals surface area contributed by atoms with Gasteiger partial charge >= 0.3 is 0 Å². The molecule has 4 nitrogen and oxygen atoms in total. The van der Waals surface area contributed by atoms with E-state index < -0.39 is 0 Å². The Hall–Kier alpha value is -2.01. The topological polar surface area (TPSA) is 74.9 Å². The number of anilines is 1. The molecule has 1 aromatic heterocycles. The maximum atomic E-state index is 9.43. The van der Waals surface area contributed by atoms with Crippen LogP contribution in [0.2, 0.25) is 0 Å². The van der Waals surface area contributed by atoms with E-state index >= 15 is 0 Å². The van der Waals surface area contributed by atoms with Gasteiger partial charge in [0.05, 0.1) is 16.7 Å². The van der Waals surface area contributed by atoms with Crippen LogP contribution in [-0.2, 0) is 0 Å². The van der Waals surface area contributed by atoms with Gasteiger partial charge in [0.25, 0.3) is 0 Å². The van der Waals surface area contributed by atoms with Gasteiger partial charge in [-0.25, -0.2) is 4.98 Å². The maximum Gasteiger partial charge on any atom is 0.140 e. The second-order valence-electron chi connectivity index (χ2n) is 3.99. The van der Waals surface area contributed by atoms with Gasteiger partial charge in [0.2, 0.25) is 0 Å². The second-order valence-corrected chi connectivity index (χ2v) is 4.84. The molecule has 0 radical (unpaired) electrons. The van der Waals surface area contributed by atoms with Gasteiger partial charge in [-0.3, -0.25) is 0 Å². The van der Waals surface area contributed by atoms with Crippen LogP contribution in [0.25, 0.3) is 22.4 Å². The van der Waals surface area contributed by atoms with E-state index in [-0.39, 0.29) is 5.75 Å². The first-order valence-electron chi connectivity index (χ1n) is 5.38. The number of nitrogens with two attached hydrogens (primary N) is 1. The summed E-state index contributed by atoms with van der Waals surface area (Å²) in [7, 11) is 0. The molecular weight excluding hydrogens is 294 g/mol. The predicted octanol–water partition coefficient (Wildman–Crippen LogP) is 3.28. The van der Waals surface area contributed by atoms with Gasteiger partial charge in [-0.2, -0.15) is 0 Å². The molecule has 4 N–H and O–H groups in total. The smallest absolute Gasteiger partial charge is 0.140 e. The van der Waals surface area contributed by atoms with E-state index in [1.165, 1.54) is 0 Å². The van der Waals surface area contributed by atoms with Crippen LogP contribution in [0.4, 0.5) is 5.69 Å². The lowest BCUT2D eigenvalue weighted by Crippen LogP contribution is -1.92. The number of halogens is 1. The third-order valence-electron chi connectivity index (χ3n) is 2.77. The molecule has 3 aromatic rings. The number of hydrogen-bond acceptors (Lipinski definition) is 3. The summed E-state index contributed by atoms with van der Waals surface area (Å²) < 4.78 is 0.836. The van der Waals surface area contributed by atoms with E-state index in [2.05, 4.69) is 25.9 Å². The summed E-state index contributed by atoms with van der Waals surface area (Å²) in [5.74, 6) is 0.898. The molecule has 0 atom stereocenters. The van der Waals surface area contributed by atoms with Crippen LogP contribution in [0.3, 0.4) is 0 Å². The molecular formula is C13H10BrN3O. The van der Waals surface area contributed by atoms with Gasteiger partial charge in [0.1, 0.15) is 11.6 Å². The normalized spacial score (nSPS) is 10.9. The van der Waals surface area contributed by atoms with E-state index in [1.807, 2.05) is 18.2 Å². The Morgan fingerprint density at radius 1 is 1.22 bits per heavy atom. The molecule has 0 spiro atoms. The van der Waals surface area contributed by atoms with Crippen LogP contribution in [0.15, 0.2) is 40.9 Å². The molecule has 0 fully saturated rings. The largest absolute Gasteiger partial charge is 0.508 e. The van der Waals surface area contributed by atoms with Crippen molar-refractivity contribution in [1.82, 2.24) is 9.97 Å². The number of para-hydroxylation sites is 1. The number of nitrogen functional groups attached to an aromatic ring is 1. The molecule has 90 valence electrons. The first-order chi connectivity index (χ1) is 8.65. The lowest BCUT2D eigenvalue weighted by molar-refractivity contribution is 0.476. The SMILES string of the molecule is Nc1c(Br)cccc1-c1nc2ccc(O)cc2[nH]1. The Labute approximate surface area is 112 Å². The van der Waals surface area contributed by atoms with Crippen molar-refractivity contribution in [2.75, 3.05) is 5.73 Å². The van der Waals surface area contributed by atoms with Crippen LogP contribution in [0.5, 0.6) is 5.75 Å².